The Morgan fingerprint density at radius 2 is 1.80 bits per heavy atom. The van der Waals surface area contributed by atoms with Crippen LogP contribution in [0.5, 0.6) is 11.5 Å². The third kappa shape index (κ3) is 2.93. The molecule has 0 amide bonds. The molecule has 0 bridgehead atoms. The molecule has 0 aliphatic rings. The second-order valence-electron chi connectivity index (χ2n) is 4.44. The predicted molar refractivity (Wildman–Crippen MR) is 81.9 cm³/mol. The first kappa shape index (κ1) is 14.4. The molecule has 0 aliphatic carbocycles. The summed E-state index contributed by atoms with van der Waals surface area (Å²) in [4.78, 5) is 4.41. The van der Waals surface area contributed by atoms with Gasteiger partial charge in [-0.25, -0.2) is 0 Å². The molecule has 1 heterocycles. The fourth-order valence-corrected chi connectivity index (χ4v) is 2.18. The molecule has 0 radical (unpaired) electrons. The van der Waals surface area contributed by atoms with Crippen molar-refractivity contribution in [3.8, 4) is 11.5 Å². The van der Waals surface area contributed by atoms with Crippen LogP contribution in [0.15, 0.2) is 24.4 Å². The molecule has 2 aromatic rings. The Kier molecular flexibility index (Phi) is 5.01. The van der Waals surface area contributed by atoms with Gasteiger partial charge in [0.15, 0.2) is 0 Å². The van der Waals surface area contributed by atoms with Gasteiger partial charge in [-0.1, -0.05) is 0 Å². The molecule has 2 N–H and O–H groups in total. The Morgan fingerprint density at radius 3 is 2.50 bits per heavy atom. The molecule has 0 unspecified atom stereocenters. The SMILES string of the molecule is CNCCCNc1ccnc2c(OC)ccc(OC)c12. The van der Waals surface area contributed by atoms with Crippen LogP contribution in [0.3, 0.4) is 0 Å². The minimum absolute atomic E-state index is 0.750. The number of nitrogens with zero attached hydrogens (tertiary/aromatic N) is 1. The van der Waals surface area contributed by atoms with E-state index in [2.05, 4.69) is 15.6 Å². The summed E-state index contributed by atoms with van der Waals surface area (Å²) in [5.74, 6) is 1.55. The number of anilines is 1. The van der Waals surface area contributed by atoms with Crippen molar-refractivity contribution < 1.29 is 9.47 Å². The van der Waals surface area contributed by atoms with Crippen molar-refractivity contribution in [2.45, 2.75) is 6.42 Å². The molecule has 0 aliphatic heterocycles. The van der Waals surface area contributed by atoms with Crippen LogP contribution in [-0.4, -0.2) is 39.3 Å². The van der Waals surface area contributed by atoms with Gasteiger partial charge in [-0.3, -0.25) is 4.98 Å². The summed E-state index contributed by atoms with van der Waals surface area (Å²) in [5.41, 5.74) is 1.83. The molecule has 1 aromatic heterocycles. The smallest absolute Gasteiger partial charge is 0.145 e. The summed E-state index contributed by atoms with van der Waals surface area (Å²) in [5, 5.41) is 7.53. The topological polar surface area (TPSA) is 55.4 Å². The van der Waals surface area contributed by atoms with Crippen LogP contribution in [-0.2, 0) is 0 Å². The van der Waals surface area contributed by atoms with Crippen molar-refractivity contribution in [2.75, 3.05) is 39.7 Å². The zero-order valence-corrected chi connectivity index (χ0v) is 12.2. The van der Waals surface area contributed by atoms with Crippen LogP contribution in [0.1, 0.15) is 6.42 Å². The number of hydrogen-bond acceptors (Lipinski definition) is 5. The molecule has 0 saturated heterocycles. The standard InChI is InChI=1S/C15H21N3O2/c1-16-8-4-9-17-11-7-10-18-15-13(20-3)6-5-12(19-2)14(11)15/h5-7,10,16H,4,8-9H2,1-3H3,(H,17,18). The van der Waals surface area contributed by atoms with Gasteiger partial charge in [-0.05, 0) is 38.2 Å². The van der Waals surface area contributed by atoms with Crippen molar-refractivity contribution >= 4 is 16.6 Å². The van der Waals surface area contributed by atoms with Gasteiger partial charge >= 0.3 is 0 Å². The lowest BCUT2D eigenvalue weighted by Crippen LogP contribution is -2.13. The first-order chi connectivity index (χ1) is 9.81. The highest BCUT2D eigenvalue weighted by Gasteiger charge is 2.12. The summed E-state index contributed by atoms with van der Waals surface area (Å²) >= 11 is 0. The fraction of sp³-hybridized carbons (Fsp3) is 0.400. The lowest BCUT2D eigenvalue weighted by molar-refractivity contribution is 0.410. The molecule has 0 atom stereocenters. The van der Waals surface area contributed by atoms with Gasteiger partial charge in [0, 0.05) is 18.4 Å². The number of pyridine rings is 1. The van der Waals surface area contributed by atoms with Crippen LogP contribution in [0.4, 0.5) is 5.69 Å². The van der Waals surface area contributed by atoms with E-state index in [0.717, 1.165) is 47.6 Å². The zero-order chi connectivity index (χ0) is 14.4. The van der Waals surface area contributed by atoms with E-state index in [1.165, 1.54) is 0 Å². The number of fused-ring (bicyclic) bond motifs is 1. The highest BCUT2D eigenvalue weighted by molar-refractivity contribution is 5.99. The minimum atomic E-state index is 0.750. The van der Waals surface area contributed by atoms with Crippen LogP contribution < -0.4 is 20.1 Å². The van der Waals surface area contributed by atoms with Gasteiger partial charge in [0.05, 0.1) is 19.6 Å². The van der Waals surface area contributed by atoms with Crippen LogP contribution in [0, 0.1) is 0 Å². The highest BCUT2D eigenvalue weighted by Crippen LogP contribution is 2.36. The van der Waals surface area contributed by atoms with Crippen molar-refractivity contribution in [2.24, 2.45) is 0 Å². The predicted octanol–water partition coefficient (Wildman–Crippen LogP) is 2.27. The van der Waals surface area contributed by atoms with Crippen molar-refractivity contribution in [3.63, 3.8) is 0 Å². The summed E-state index contributed by atoms with van der Waals surface area (Å²) in [6.07, 6.45) is 2.83. The monoisotopic (exact) mass is 275 g/mol. The molecular formula is C15H21N3O2. The molecule has 1 aromatic carbocycles. The lowest BCUT2D eigenvalue weighted by Gasteiger charge is -2.14. The third-order valence-corrected chi connectivity index (χ3v) is 3.18. The average Bonchev–Trinajstić information content (AvgIpc) is 2.50. The van der Waals surface area contributed by atoms with E-state index >= 15 is 0 Å². The van der Waals surface area contributed by atoms with E-state index < -0.39 is 0 Å². The first-order valence-electron chi connectivity index (χ1n) is 6.70. The van der Waals surface area contributed by atoms with Crippen LogP contribution in [0.2, 0.25) is 0 Å². The number of hydrogen-bond donors (Lipinski definition) is 2. The average molecular weight is 275 g/mol. The highest BCUT2D eigenvalue weighted by atomic mass is 16.5. The van der Waals surface area contributed by atoms with E-state index in [1.54, 1.807) is 20.4 Å². The van der Waals surface area contributed by atoms with Crippen molar-refractivity contribution in [3.05, 3.63) is 24.4 Å². The van der Waals surface area contributed by atoms with Gasteiger partial charge in [0.2, 0.25) is 0 Å². The summed E-state index contributed by atoms with van der Waals surface area (Å²) < 4.78 is 10.8. The van der Waals surface area contributed by atoms with Gasteiger partial charge in [-0.2, -0.15) is 0 Å². The maximum absolute atomic E-state index is 5.45. The lowest BCUT2D eigenvalue weighted by atomic mass is 10.1. The van der Waals surface area contributed by atoms with Crippen molar-refractivity contribution in [1.82, 2.24) is 10.3 Å². The maximum Gasteiger partial charge on any atom is 0.145 e. The second-order valence-corrected chi connectivity index (χ2v) is 4.44. The van der Waals surface area contributed by atoms with E-state index in [9.17, 15) is 0 Å². The second kappa shape index (κ2) is 6.96. The van der Waals surface area contributed by atoms with E-state index in [1.807, 2.05) is 25.2 Å². The number of methoxy groups -OCH3 is 2. The zero-order valence-electron chi connectivity index (χ0n) is 12.2. The minimum Gasteiger partial charge on any atom is -0.496 e. The van der Waals surface area contributed by atoms with E-state index in [4.69, 9.17) is 9.47 Å². The molecule has 0 fully saturated rings. The fourth-order valence-electron chi connectivity index (χ4n) is 2.18. The summed E-state index contributed by atoms with van der Waals surface area (Å²) in [7, 11) is 5.27. The quantitative estimate of drug-likeness (QED) is 0.759. The Bertz CT molecular complexity index is 572. The number of benzene rings is 1. The number of rotatable bonds is 7. The molecule has 20 heavy (non-hydrogen) atoms. The summed E-state index contributed by atoms with van der Waals surface area (Å²) in [6.45, 7) is 1.87. The Hall–Kier alpha value is -2.01. The van der Waals surface area contributed by atoms with Gasteiger partial charge < -0.3 is 20.1 Å². The number of aromatic nitrogens is 1. The first-order valence-corrected chi connectivity index (χ1v) is 6.70. The normalized spacial score (nSPS) is 10.6. The Morgan fingerprint density at radius 1 is 1.05 bits per heavy atom. The van der Waals surface area contributed by atoms with Crippen LogP contribution in [0.25, 0.3) is 10.9 Å². The van der Waals surface area contributed by atoms with Crippen LogP contribution >= 0.6 is 0 Å². The Labute approximate surface area is 119 Å². The molecule has 5 nitrogen and oxygen atoms in total. The Balaban J connectivity index is 2.38. The molecule has 5 heteroatoms. The van der Waals surface area contributed by atoms with E-state index in [-0.39, 0.29) is 0 Å². The maximum atomic E-state index is 5.45. The number of ether oxygens (including phenoxy) is 2. The largest absolute Gasteiger partial charge is 0.496 e. The van der Waals surface area contributed by atoms with E-state index in [0.29, 0.717) is 0 Å². The number of nitrogens with one attached hydrogen (secondary N) is 2. The molecule has 2 rings (SSSR count). The van der Waals surface area contributed by atoms with Gasteiger partial charge in [0.25, 0.3) is 0 Å². The van der Waals surface area contributed by atoms with Crippen molar-refractivity contribution in [1.29, 1.82) is 0 Å². The van der Waals surface area contributed by atoms with Gasteiger partial charge in [0.1, 0.15) is 17.0 Å². The molecular weight excluding hydrogens is 254 g/mol. The van der Waals surface area contributed by atoms with Gasteiger partial charge in [-0.15, -0.1) is 0 Å². The molecule has 0 spiro atoms. The third-order valence-electron chi connectivity index (χ3n) is 3.18. The molecule has 108 valence electrons. The molecule has 0 saturated carbocycles. The summed E-state index contributed by atoms with van der Waals surface area (Å²) in [6, 6.07) is 5.74.